The second-order valence-corrected chi connectivity index (χ2v) is 13.8. The highest BCUT2D eigenvalue weighted by Gasteiger charge is 2.51. The minimum absolute atomic E-state index is 0.269. The molecule has 0 aliphatic heterocycles. The van der Waals surface area contributed by atoms with Gasteiger partial charge >= 0.3 is 0 Å². The highest BCUT2D eigenvalue weighted by Crippen LogP contribution is 2.60. The molecule has 0 radical (unpaired) electrons. The molecular weight excluding hydrogens is 544 g/mol. The quantitative estimate of drug-likeness (QED) is 0.195. The van der Waals surface area contributed by atoms with Crippen LogP contribution in [-0.2, 0) is 5.41 Å². The summed E-state index contributed by atoms with van der Waals surface area (Å²) in [5.41, 5.74) is 9.79. The van der Waals surface area contributed by atoms with Crippen molar-refractivity contribution in [2.75, 3.05) is 0 Å². The standard InChI is InChI=1S/C40H33ClN2/c41-39-42-36-10-2-1-7-35(36)38(43-39)31-13-11-28(12-14-31)33-8-3-5-30-6-4-9-34(37(30)33)29-15-17-32(18-16-29)40-22-25-19-26(23-40)21-27(20-25)24-40/h1-18,25-27H,19-24H2. The molecule has 43 heavy (non-hydrogen) atoms. The molecule has 0 atom stereocenters. The maximum absolute atomic E-state index is 6.31. The van der Waals surface area contributed by atoms with E-state index in [1.165, 1.54) is 71.6 Å². The Bertz CT molecular complexity index is 1970. The third-order valence-electron chi connectivity index (χ3n) is 10.8. The van der Waals surface area contributed by atoms with E-state index in [9.17, 15) is 0 Å². The summed E-state index contributed by atoms with van der Waals surface area (Å²) < 4.78 is 0. The molecule has 0 amide bonds. The minimum atomic E-state index is 0.269. The zero-order chi connectivity index (χ0) is 28.5. The van der Waals surface area contributed by atoms with E-state index in [4.69, 9.17) is 11.6 Å². The fourth-order valence-electron chi connectivity index (χ4n) is 9.37. The topological polar surface area (TPSA) is 25.8 Å². The van der Waals surface area contributed by atoms with Crippen molar-refractivity contribution in [1.29, 1.82) is 0 Å². The Morgan fingerprint density at radius 1 is 0.558 bits per heavy atom. The molecule has 10 rings (SSSR count). The Kier molecular flexibility index (Phi) is 5.78. The molecule has 210 valence electrons. The van der Waals surface area contributed by atoms with Crippen molar-refractivity contribution in [3.63, 3.8) is 0 Å². The zero-order valence-electron chi connectivity index (χ0n) is 24.1. The van der Waals surface area contributed by atoms with Crippen LogP contribution < -0.4 is 0 Å². The highest BCUT2D eigenvalue weighted by molar-refractivity contribution is 6.28. The van der Waals surface area contributed by atoms with Gasteiger partial charge in [0, 0.05) is 10.9 Å². The van der Waals surface area contributed by atoms with Crippen LogP contribution >= 0.6 is 11.6 Å². The molecule has 6 aromatic rings. The van der Waals surface area contributed by atoms with E-state index >= 15 is 0 Å². The second kappa shape index (κ2) is 9.76. The van der Waals surface area contributed by atoms with Crippen LogP contribution in [0, 0.1) is 17.8 Å². The van der Waals surface area contributed by atoms with Crippen LogP contribution in [-0.4, -0.2) is 9.97 Å². The van der Waals surface area contributed by atoms with Crippen molar-refractivity contribution < 1.29 is 0 Å². The molecule has 4 fully saturated rings. The lowest BCUT2D eigenvalue weighted by molar-refractivity contribution is -0.00518. The molecule has 0 unspecified atom stereocenters. The van der Waals surface area contributed by atoms with Crippen LogP contribution in [0.25, 0.3) is 55.2 Å². The van der Waals surface area contributed by atoms with Crippen LogP contribution in [0.2, 0.25) is 5.28 Å². The summed E-state index contributed by atoms with van der Waals surface area (Å²) >= 11 is 6.31. The van der Waals surface area contributed by atoms with Crippen LogP contribution in [0.5, 0.6) is 0 Å². The number of fused-ring (bicyclic) bond motifs is 2. The summed E-state index contributed by atoms with van der Waals surface area (Å²) in [6.07, 6.45) is 8.68. The molecule has 4 aliphatic rings. The van der Waals surface area contributed by atoms with Crippen LogP contribution in [0.1, 0.15) is 44.1 Å². The van der Waals surface area contributed by atoms with Gasteiger partial charge in [0.1, 0.15) is 0 Å². The molecule has 4 bridgehead atoms. The smallest absolute Gasteiger partial charge is 0.218 e. The van der Waals surface area contributed by atoms with E-state index in [-0.39, 0.29) is 5.28 Å². The monoisotopic (exact) mass is 576 g/mol. The lowest BCUT2D eigenvalue weighted by Crippen LogP contribution is -2.48. The third-order valence-corrected chi connectivity index (χ3v) is 11.0. The Balaban J connectivity index is 1.10. The average Bonchev–Trinajstić information content (AvgIpc) is 3.03. The van der Waals surface area contributed by atoms with E-state index in [2.05, 4.69) is 101 Å². The Hall–Kier alpha value is -4.01. The normalized spacial score (nSPS) is 24.2. The van der Waals surface area contributed by atoms with E-state index < -0.39 is 0 Å². The molecule has 3 heteroatoms. The van der Waals surface area contributed by atoms with Crippen molar-refractivity contribution in [3.05, 3.63) is 120 Å². The van der Waals surface area contributed by atoms with Gasteiger partial charge in [-0.1, -0.05) is 103 Å². The van der Waals surface area contributed by atoms with E-state index in [0.29, 0.717) is 5.41 Å². The van der Waals surface area contributed by atoms with Crippen molar-refractivity contribution in [2.24, 2.45) is 17.8 Å². The number of para-hydroxylation sites is 1. The van der Waals surface area contributed by atoms with Crippen molar-refractivity contribution in [1.82, 2.24) is 9.97 Å². The Morgan fingerprint density at radius 2 is 1.12 bits per heavy atom. The predicted molar refractivity (Wildman–Crippen MR) is 178 cm³/mol. The van der Waals surface area contributed by atoms with E-state index in [1.807, 2.05) is 18.2 Å². The van der Waals surface area contributed by atoms with Crippen molar-refractivity contribution in [2.45, 2.75) is 43.9 Å². The lowest BCUT2D eigenvalue weighted by atomic mass is 9.48. The molecule has 0 N–H and O–H groups in total. The SMILES string of the molecule is Clc1nc(-c2ccc(-c3cccc4cccc(-c5ccc(C67CC8CC(CC(C8)C6)C7)cc5)c34)cc2)c2ccccc2n1. The second-order valence-electron chi connectivity index (χ2n) is 13.4. The van der Waals surface area contributed by atoms with Gasteiger partial charge in [-0.05, 0) is 118 Å². The molecule has 5 aromatic carbocycles. The first-order valence-corrected chi connectivity index (χ1v) is 16.2. The summed E-state index contributed by atoms with van der Waals surface area (Å²) in [6, 6.07) is 39.9. The minimum Gasteiger partial charge on any atom is -0.218 e. The number of halogens is 1. The fourth-order valence-corrected chi connectivity index (χ4v) is 9.54. The summed E-state index contributed by atoms with van der Waals surface area (Å²) in [5, 5.41) is 3.84. The van der Waals surface area contributed by atoms with Gasteiger partial charge in [0.15, 0.2) is 0 Å². The first-order chi connectivity index (χ1) is 21.1. The van der Waals surface area contributed by atoms with Crippen LogP contribution in [0.15, 0.2) is 109 Å². The maximum atomic E-state index is 6.31. The summed E-state index contributed by atoms with van der Waals surface area (Å²) in [7, 11) is 0. The molecule has 2 nitrogen and oxygen atoms in total. The highest BCUT2D eigenvalue weighted by atomic mass is 35.5. The molecule has 1 aromatic heterocycles. The molecular formula is C40H33ClN2. The van der Waals surface area contributed by atoms with Gasteiger partial charge in [0.25, 0.3) is 0 Å². The van der Waals surface area contributed by atoms with E-state index in [1.54, 1.807) is 5.56 Å². The number of benzene rings is 5. The van der Waals surface area contributed by atoms with Crippen LogP contribution in [0.4, 0.5) is 0 Å². The molecule has 1 heterocycles. The number of aromatic nitrogens is 2. The first-order valence-electron chi connectivity index (χ1n) is 15.8. The van der Waals surface area contributed by atoms with Gasteiger partial charge in [0.05, 0.1) is 11.2 Å². The summed E-state index contributed by atoms with van der Waals surface area (Å²) in [4.78, 5) is 9.00. The van der Waals surface area contributed by atoms with Crippen molar-refractivity contribution in [3.8, 4) is 33.5 Å². The number of hydrogen-bond acceptors (Lipinski definition) is 2. The maximum Gasteiger partial charge on any atom is 0.223 e. The van der Waals surface area contributed by atoms with Gasteiger partial charge in [-0.25, -0.2) is 9.97 Å². The number of rotatable bonds is 4. The average molecular weight is 577 g/mol. The molecule has 0 saturated heterocycles. The fraction of sp³-hybridized carbons (Fsp3) is 0.250. The summed E-state index contributed by atoms with van der Waals surface area (Å²) in [5.74, 6) is 2.88. The van der Waals surface area contributed by atoms with Crippen LogP contribution in [0.3, 0.4) is 0 Å². The number of hydrogen-bond donors (Lipinski definition) is 0. The van der Waals surface area contributed by atoms with Gasteiger partial charge in [0.2, 0.25) is 5.28 Å². The number of nitrogens with zero attached hydrogens (tertiary/aromatic N) is 2. The molecule has 0 spiro atoms. The first kappa shape index (κ1) is 25.5. The molecule has 4 saturated carbocycles. The largest absolute Gasteiger partial charge is 0.223 e. The Labute approximate surface area is 257 Å². The van der Waals surface area contributed by atoms with Gasteiger partial charge < -0.3 is 0 Å². The van der Waals surface area contributed by atoms with Gasteiger partial charge in [-0.3, -0.25) is 0 Å². The third kappa shape index (κ3) is 4.22. The van der Waals surface area contributed by atoms with Gasteiger partial charge in [-0.2, -0.15) is 0 Å². The lowest BCUT2D eigenvalue weighted by Gasteiger charge is -2.57. The molecule has 4 aliphatic carbocycles. The van der Waals surface area contributed by atoms with Gasteiger partial charge in [-0.15, -0.1) is 0 Å². The van der Waals surface area contributed by atoms with Crippen molar-refractivity contribution >= 4 is 33.3 Å². The zero-order valence-corrected chi connectivity index (χ0v) is 24.9. The Morgan fingerprint density at radius 3 is 1.74 bits per heavy atom. The van der Waals surface area contributed by atoms with E-state index in [0.717, 1.165) is 39.9 Å². The summed E-state index contributed by atoms with van der Waals surface area (Å²) in [6.45, 7) is 0. The predicted octanol–water partition coefficient (Wildman–Crippen LogP) is 10.9.